The van der Waals surface area contributed by atoms with Gasteiger partial charge in [-0.05, 0) is 35.9 Å². The van der Waals surface area contributed by atoms with Gasteiger partial charge < -0.3 is 13.9 Å². The summed E-state index contributed by atoms with van der Waals surface area (Å²) < 4.78 is 17.3. The van der Waals surface area contributed by atoms with Crippen molar-refractivity contribution in [3.63, 3.8) is 0 Å². The van der Waals surface area contributed by atoms with E-state index < -0.39 is 5.63 Å². The van der Waals surface area contributed by atoms with Crippen LogP contribution in [0.15, 0.2) is 94.2 Å². The molecule has 4 heteroatoms. The van der Waals surface area contributed by atoms with Gasteiger partial charge in [-0.15, -0.1) is 0 Å². The number of ether oxygens (including phenoxy) is 2. The Balaban J connectivity index is 1.79. The van der Waals surface area contributed by atoms with Crippen molar-refractivity contribution in [3.8, 4) is 11.5 Å². The topological polar surface area (TPSA) is 48.7 Å². The third-order valence-electron chi connectivity index (χ3n) is 5.15. The van der Waals surface area contributed by atoms with Crippen molar-refractivity contribution in [2.45, 2.75) is 5.92 Å². The normalized spacial score (nSPS) is 15.3. The number of para-hydroxylation sites is 1. The molecule has 0 bridgehead atoms. The van der Waals surface area contributed by atoms with Gasteiger partial charge in [-0.25, -0.2) is 4.79 Å². The summed E-state index contributed by atoms with van der Waals surface area (Å²) in [5, 5.41) is 0.775. The van der Waals surface area contributed by atoms with Crippen molar-refractivity contribution in [2.24, 2.45) is 0 Å². The van der Waals surface area contributed by atoms with Crippen molar-refractivity contribution in [3.05, 3.63) is 112 Å². The van der Waals surface area contributed by atoms with E-state index in [1.165, 1.54) is 0 Å². The number of allylic oxidation sites excluding steroid dienone is 1. The van der Waals surface area contributed by atoms with E-state index in [1.54, 1.807) is 13.2 Å². The van der Waals surface area contributed by atoms with Crippen molar-refractivity contribution in [1.82, 2.24) is 0 Å². The number of benzene rings is 3. The highest BCUT2D eigenvalue weighted by molar-refractivity contribution is 5.87. The molecule has 0 amide bonds. The number of hydrogen-bond donors (Lipinski definition) is 0. The maximum atomic E-state index is 13.0. The van der Waals surface area contributed by atoms with E-state index in [4.69, 9.17) is 13.9 Å². The van der Waals surface area contributed by atoms with E-state index in [0.29, 0.717) is 22.7 Å². The Kier molecular flexibility index (Phi) is 4.17. The molecular weight excluding hydrogens is 364 g/mol. The molecule has 0 saturated heterocycles. The number of methoxy groups -OCH3 is 1. The summed E-state index contributed by atoms with van der Waals surface area (Å²) in [4.78, 5) is 13.0. The summed E-state index contributed by atoms with van der Waals surface area (Å²) in [6.45, 7) is 0. The first-order valence-corrected chi connectivity index (χ1v) is 9.39. The van der Waals surface area contributed by atoms with Crippen LogP contribution in [0.3, 0.4) is 0 Å². The first-order valence-electron chi connectivity index (χ1n) is 9.39. The largest absolute Gasteiger partial charge is 0.497 e. The highest BCUT2D eigenvalue weighted by atomic mass is 16.5. The molecule has 5 rings (SSSR count). The molecule has 1 aliphatic heterocycles. The number of rotatable bonds is 3. The fraction of sp³-hybridized carbons (Fsp3) is 0.0800. The summed E-state index contributed by atoms with van der Waals surface area (Å²) in [6.07, 6.45) is 1.97. The number of hydrogen-bond acceptors (Lipinski definition) is 4. The first kappa shape index (κ1) is 17.3. The fourth-order valence-corrected chi connectivity index (χ4v) is 3.75. The van der Waals surface area contributed by atoms with Crippen molar-refractivity contribution in [2.75, 3.05) is 7.11 Å². The molecule has 1 aromatic heterocycles. The molecule has 4 aromatic rings. The van der Waals surface area contributed by atoms with Gasteiger partial charge in [-0.3, -0.25) is 0 Å². The molecule has 0 saturated carbocycles. The minimum atomic E-state index is -0.394. The maximum Gasteiger partial charge on any atom is 0.344 e. The second-order valence-electron chi connectivity index (χ2n) is 6.88. The van der Waals surface area contributed by atoms with Crippen LogP contribution in [0.1, 0.15) is 22.6 Å². The lowest BCUT2D eigenvalue weighted by atomic mass is 9.88. The van der Waals surface area contributed by atoms with E-state index in [-0.39, 0.29) is 5.92 Å². The molecule has 4 nitrogen and oxygen atoms in total. The van der Waals surface area contributed by atoms with Crippen LogP contribution in [0, 0.1) is 0 Å². The van der Waals surface area contributed by atoms with Crippen LogP contribution in [0.4, 0.5) is 0 Å². The van der Waals surface area contributed by atoms with Crippen LogP contribution >= 0.6 is 0 Å². The Morgan fingerprint density at radius 3 is 2.52 bits per heavy atom. The predicted molar refractivity (Wildman–Crippen MR) is 112 cm³/mol. The summed E-state index contributed by atoms with van der Waals surface area (Å²) >= 11 is 0. The van der Waals surface area contributed by atoms with Gasteiger partial charge in [-0.2, -0.15) is 0 Å². The zero-order chi connectivity index (χ0) is 19.8. The van der Waals surface area contributed by atoms with Crippen molar-refractivity contribution >= 4 is 16.7 Å². The predicted octanol–water partition coefficient (Wildman–Crippen LogP) is 5.37. The standard InChI is InChI=1S/C25H18O4/c1-27-18-11-7-10-17(14-18)20-15-22(16-8-3-2-4-9-16)28-24-19-12-5-6-13-21(19)29-25(26)23(20)24/h2-15,20H,1H3. The highest BCUT2D eigenvalue weighted by Gasteiger charge is 2.30. The van der Waals surface area contributed by atoms with Gasteiger partial charge in [0.1, 0.15) is 22.8 Å². The molecule has 1 unspecified atom stereocenters. The summed E-state index contributed by atoms with van der Waals surface area (Å²) in [5.74, 6) is 1.67. The molecule has 3 aromatic carbocycles. The van der Waals surface area contributed by atoms with Gasteiger partial charge in [0.15, 0.2) is 0 Å². The zero-order valence-corrected chi connectivity index (χ0v) is 15.8. The molecule has 29 heavy (non-hydrogen) atoms. The Morgan fingerprint density at radius 2 is 1.69 bits per heavy atom. The van der Waals surface area contributed by atoms with Crippen LogP contribution < -0.4 is 15.1 Å². The van der Waals surface area contributed by atoms with Gasteiger partial charge >= 0.3 is 5.63 Å². The van der Waals surface area contributed by atoms with Crippen LogP contribution in [-0.2, 0) is 0 Å². The zero-order valence-electron chi connectivity index (χ0n) is 15.8. The van der Waals surface area contributed by atoms with Crippen molar-refractivity contribution in [1.29, 1.82) is 0 Å². The molecule has 1 atom stereocenters. The molecule has 1 aliphatic rings. The SMILES string of the molecule is COc1cccc(C2C=C(c3ccccc3)Oc3c2c(=O)oc2ccccc32)c1. The highest BCUT2D eigenvalue weighted by Crippen LogP contribution is 2.43. The summed E-state index contributed by atoms with van der Waals surface area (Å²) in [6, 6.07) is 25.0. The minimum absolute atomic E-state index is 0.315. The smallest absolute Gasteiger partial charge is 0.344 e. The van der Waals surface area contributed by atoms with E-state index in [2.05, 4.69) is 0 Å². The molecule has 0 fully saturated rings. The Hall–Kier alpha value is -3.79. The monoisotopic (exact) mass is 382 g/mol. The Labute approximate surface area is 167 Å². The summed E-state index contributed by atoms with van der Waals surface area (Å²) in [7, 11) is 1.63. The Bertz CT molecular complexity index is 1290. The maximum absolute atomic E-state index is 13.0. The van der Waals surface area contributed by atoms with Crippen LogP contribution in [-0.4, -0.2) is 7.11 Å². The van der Waals surface area contributed by atoms with E-state index in [1.807, 2.05) is 78.9 Å². The third kappa shape index (κ3) is 2.99. The van der Waals surface area contributed by atoms with Crippen LogP contribution in [0.25, 0.3) is 16.7 Å². The molecule has 0 aliphatic carbocycles. The summed E-state index contributed by atoms with van der Waals surface area (Å²) in [5.41, 5.74) is 2.50. The molecule has 2 heterocycles. The average Bonchev–Trinajstić information content (AvgIpc) is 2.79. The van der Waals surface area contributed by atoms with E-state index in [0.717, 1.165) is 22.3 Å². The molecule has 142 valence electrons. The lowest BCUT2D eigenvalue weighted by molar-refractivity contribution is 0.414. The van der Waals surface area contributed by atoms with E-state index in [9.17, 15) is 4.79 Å². The van der Waals surface area contributed by atoms with Gasteiger partial charge in [-0.1, -0.05) is 54.6 Å². The fourth-order valence-electron chi connectivity index (χ4n) is 3.75. The lowest BCUT2D eigenvalue weighted by Crippen LogP contribution is -2.19. The quantitative estimate of drug-likeness (QED) is 0.447. The van der Waals surface area contributed by atoms with Gasteiger partial charge in [0.2, 0.25) is 0 Å². The van der Waals surface area contributed by atoms with Gasteiger partial charge in [0.05, 0.1) is 18.1 Å². The first-order chi connectivity index (χ1) is 14.2. The average molecular weight is 382 g/mol. The van der Waals surface area contributed by atoms with Gasteiger partial charge in [0, 0.05) is 11.5 Å². The number of fused-ring (bicyclic) bond motifs is 3. The van der Waals surface area contributed by atoms with E-state index >= 15 is 0 Å². The molecular formula is C25H18O4. The molecule has 0 N–H and O–H groups in total. The van der Waals surface area contributed by atoms with Crippen LogP contribution in [0.2, 0.25) is 0 Å². The molecule has 0 spiro atoms. The Morgan fingerprint density at radius 1 is 0.897 bits per heavy atom. The second-order valence-corrected chi connectivity index (χ2v) is 6.88. The minimum Gasteiger partial charge on any atom is -0.497 e. The van der Waals surface area contributed by atoms with Crippen LogP contribution in [0.5, 0.6) is 11.5 Å². The van der Waals surface area contributed by atoms with Crippen molar-refractivity contribution < 1.29 is 13.9 Å². The lowest BCUT2D eigenvalue weighted by Gasteiger charge is -2.25. The van der Waals surface area contributed by atoms with Gasteiger partial charge in [0.25, 0.3) is 0 Å². The third-order valence-corrected chi connectivity index (χ3v) is 5.15. The molecule has 0 radical (unpaired) electrons. The second kappa shape index (κ2) is 6.99.